The van der Waals surface area contributed by atoms with Crippen LogP contribution in [0.25, 0.3) is 38.8 Å². The van der Waals surface area contributed by atoms with E-state index in [9.17, 15) is 9.59 Å². The molecule has 11 heteroatoms. The van der Waals surface area contributed by atoms with Crippen molar-refractivity contribution >= 4 is 56.1 Å². The van der Waals surface area contributed by atoms with Crippen molar-refractivity contribution in [3.05, 3.63) is 106 Å². The molecule has 43 heavy (non-hydrogen) atoms. The van der Waals surface area contributed by atoms with Crippen LogP contribution in [-0.4, -0.2) is 35.4 Å². The fraction of sp³-hybridized carbons (Fsp3) is 0.125. The summed E-state index contributed by atoms with van der Waals surface area (Å²) in [5.74, 6) is 0.809. The molecule has 0 bridgehead atoms. The molecule has 1 amide bonds. The number of carbonyl (C=O) groups is 1. The number of para-hydroxylation sites is 1. The molecule has 0 saturated heterocycles. The van der Waals surface area contributed by atoms with Crippen LogP contribution in [0.15, 0.2) is 88.9 Å². The molecule has 1 aliphatic heterocycles. The Labute approximate surface area is 250 Å². The van der Waals surface area contributed by atoms with Crippen molar-refractivity contribution in [2.24, 2.45) is 4.99 Å². The molecule has 212 valence electrons. The zero-order chi connectivity index (χ0) is 29.7. The number of hydrogen-bond acceptors (Lipinski definition) is 8. The first-order valence-electron chi connectivity index (χ1n) is 13.7. The Morgan fingerprint density at radius 1 is 1.02 bits per heavy atom. The maximum absolute atomic E-state index is 14.0. The summed E-state index contributed by atoms with van der Waals surface area (Å²) in [7, 11) is 0. The maximum atomic E-state index is 14.0. The van der Waals surface area contributed by atoms with Gasteiger partial charge in [0.2, 0.25) is 5.91 Å². The van der Waals surface area contributed by atoms with Gasteiger partial charge in [-0.1, -0.05) is 54.2 Å². The Morgan fingerprint density at radius 3 is 2.67 bits per heavy atom. The third-order valence-electron chi connectivity index (χ3n) is 7.44. The third-order valence-corrected chi connectivity index (χ3v) is 8.36. The SMILES string of the molecule is CC(=O)NC1=Nc2ccc(-c3nn(Cc4cc5cccc(C)c5c(=O)n4-c4ccccc4)c4ncnc(N)c34)cc2CS1. The summed E-state index contributed by atoms with van der Waals surface area (Å²) in [5.41, 5.74) is 12.6. The number of pyridine rings is 1. The highest BCUT2D eigenvalue weighted by Gasteiger charge is 2.22. The first-order valence-corrected chi connectivity index (χ1v) is 14.6. The topological polar surface area (TPSA) is 133 Å². The third kappa shape index (κ3) is 4.73. The summed E-state index contributed by atoms with van der Waals surface area (Å²) >= 11 is 1.47. The minimum atomic E-state index is -0.155. The minimum Gasteiger partial charge on any atom is -0.383 e. The number of benzene rings is 3. The molecule has 10 nitrogen and oxygen atoms in total. The van der Waals surface area contributed by atoms with Gasteiger partial charge in [0, 0.05) is 29.6 Å². The highest BCUT2D eigenvalue weighted by molar-refractivity contribution is 8.13. The second-order valence-electron chi connectivity index (χ2n) is 10.3. The largest absolute Gasteiger partial charge is 0.383 e. The maximum Gasteiger partial charge on any atom is 0.263 e. The number of nitrogens with one attached hydrogen (secondary N) is 1. The van der Waals surface area contributed by atoms with Gasteiger partial charge in [-0.3, -0.25) is 14.2 Å². The molecule has 0 spiro atoms. The van der Waals surface area contributed by atoms with E-state index in [1.54, 1.807) is 9.25 Å². The molecule has 0 radical (unpaired) electrons. The molecule has 0 fully saturated rings. The normalized spacial score (nSPS) is 12.7. The number of carbonyl (C=O) groups excluding carboxylic acids is 1. The van der Waals surface area contributed by atoms with Crippen LogP contribution >= 0.6 is 11.8 Å². The summed E-state index contributed by atoms with van der Waals surface area (Å²) in [4.78, 5) is 38.9. The van der Waals surface area contributed by atoms with Gasteiger partial charge in [0.25, 0.3) is 5.56 Å². The average molecular weight is 587 g/mol. The number of aryl methyl sites for hydroxylation is 1. The van der Waals surface area contributed by atoms with Gasteiger partial charge in [0.1, 0.15) is 17.8 Å². The van der Waals surface area contributed by atoms with E-state index in [1.165, 1.54) is 25.0 Å². The molecule has 6 aromatic rings. The molecule has 1 aliphatic rings. The number of aliphatic imine (C=N–C) groups is 1. The molecule has 7 rings (SSSR count). The lowest BCUT2D eigenvalue weighted by Gasteiger charge is -2.16. The number of amides is 1. The zero-order valence-corrected chi connectivity index (χ0v) is 24.2. The number of thioether (sulfide) groups is 1. The molecule has 3 aromatic heterocycles. The zero-order valence-electron chi connectivity index (χ0n) is 23.4. The van der Waals surface area contributed by atoms with Gasteiger partial charge in [-0.05, 0) is 53.8 Å². The fourth-order valence-corrected chi connectivity index (χ4v) is 6.42. The van der Waals surface area contributed by atoms with Gasteiger partial charge in [0.15, 0.2) is 10.8 Å². The molecule has 3 aromatic carbocycles. The van der Waals surface area contributed by atoms with Crippen LogP contribution in [0, 0.1) is 6.92 Å². The summed E-state index contributed by atoms with van der Waals surface area (Å²) < 4.78 is 3.52. The van der Waals surface area contributed by atoms with Gasteiger partial charge in [0.05, 0.1) is 23.0 Å². The number of anilines is 1. The lowest BCUT2D eigenvalue weighted by atomic mass is 10.1. The Hall–Kier alpha value is -5.29. The smallest absolute Gasteiger partial charge is 0.263 e. The number of nitrogen functional groups attached to an aromatic ring is 1. The minimum absolute atomic E-state index is 0.0889. The van der Waals surface area contributed by atoms with E-state index in [4.69, 9.17) is 10.8 Å². The van der Waals surface area contributed by atoms with E-state index >= 15 is 0 Å². The second-order valence-corrected chi connectivity index (χ2v) is 11.3. The molecular weight excluding hydrogens is 560 g/mol. The number of nitrogens with two attached hydrogens (primary N) is 1. The van der Waals surface area contributed by atoms with E-state index in [-0.39, 0.29) is 18.0 Å². The lowest BCUT2D eigenvalue weighted by Crippen LogP contribution is -2.26. The molecular formula is C32H26N8O2S. The van der Waals surface area contributed by atoms with E-state index < -0.39 is 0 Å². The highest BCUT2D eigenvalue weighted by atomic mass is 32.2. The van der Waals surface area contributed by atoms with Crippen molar-refractivity contribution < 1.29 is 4.79 Å². The van der Waals surface area contributed by atoms with Crippen LogP contribution in [0.3, 0.4) is 0 Å². The van der Waals surface area contributed by atoms with Gasteiger partial charge in [-0.2, -0.15) is 5.10 Å². The van der Waals surface area contributed by atoms with Crippen molar-refractivity contribution in [1.82, 2.24) is 29.6 Å². The fourth-order valence-electron chi connectivity index (χ4n) is 5.52. The summed E-state index contributed by atoms with van der Waals surface area (Å²) in [6.45, 7) is 3.69. The average Bonchev–Trinajstić information content (AvgIpc) is 3.36. The second kappa shape index (κ2) is 10.5. The van der Waals surface area contributed by atoms with E-state index in [2.05, 4.69) is 20.3 Å². The monoisotopic (exact) mass is 586 g/mol. The summed E-state index contributed by atoms with van der Waals surface area (Å²) in [6.07, 6.45) is 1.43. The Morgan fingerprint density at radius 2 is 1.86 bits per heavy atom. The Balaban J connectivity index is 1.38. The van der Waals surface area contributed by atoms with Crippen molar-refractivity contribution in [2.75, 3.05) is 5.73 Å². The lowest BCUT2D eigenvalue weighted by molar-refractivity contribution is -0.117. The van der Waals surface area contributed by atoms with Crippen LogP contribution in [0.5, 0.6) is 0 Å². The van der Waals surface area contributed by atoms with Crippen LogP contribution in [0.4, 0.5) is 11.5 Å². The first kappa shape index (κ1) is 26.6. The van der Waals surface area contributed by atoms with Crippen LogP contribution in [-0.2, 0) is 17.1 Å². The number of nitrogens with zero attached hydrogens (tertiary/aromatic N) is 6. The Kier molecular flexibility index (Phi) is 6.51. The number of hydrogen-bond donors (Lipinski definition) is 2. The number of amidine groups is 1. The molecule has 3 N–H and O–H groups in total. The number of fused-ring (bicyclic) bond motifs is 3. The molecule has 0 atom stereocenters. The van der Waals surface area contributed by atoms with Crippen molar-refractivity contribution in [1.29, 1.82) is 0 Å². The predicted molar refractivity (Wildman–Crippen MR) is 171 cm³/mol. The molecule has 4 heterocycles. The quantitative estimate of drug-likeness (QED) is 0.293. The van der Waals surface area contributed by atoms with Gasteiger partial charge >= 0.3 is 0 Å². The van der Waals surface area contributed by atoms with Crippen LogP contribution < -0.4 is 16.6 Å². The van der Waals surface area contributed by atoms with Gasteiger partial charge in [-0.25, -0.2) is 19.6 Å². The first-order chi connectivity index (χ1) is 20.9. The summed E-state index contributed by atoms with van der Waals surface area (Å²) in [6, 6.07) is 23.4. The van der Waals surface area contributed by atoms with Crippen molar-refractivity contribution in [3.63, 3.8) is 0 Å². The number of aromatic nitrogens is 5. The predicted octanol–water partition coefficient (Wildman–Crippen LogP) is 5.11. The van der Waals surface area contributed by atoms with Crippen molar-refractivity contribution in [3.8, 4) is 16.9 Å². The van der Waals surface area contributed by atoms with Crippen LogP contribution in [0.2, 0.25) is 0 Å². The molecule has 0 saturated carbocycles. The van der Waals surface area contributed by atoms with E-state index in [0.29, 0.717) is 38.9 Å². The highest BCUT2D eigenvalue weighted by Crippen LogP contribution is 2.36. The molecule has 0 unspecified atom stereocenters. The van der Waals surface area contributed by atoms with E-state index in [1.807, 2.05) is 79.7 Å². The standard InChI is InChI=1S/C32H26N8O2S/c1-18-7-6-8-20-14-24(40(31(42)26(18)20)23-9-4-3-5-10-23)15-39-30-27(29(33)34-17-35-30)28(38-39)21-11-12-25-22(13-21)16-43-32(37-25)36-19(2)41/h3-14,17H,15-16H2,1-2H3,(H2,33,34,35)(H,36,37,41). The number of rotatable bonds is 4. The van der Waals surface area contributed by atoms with Crippen molar-refractivity contribution in [2.45, 2.75) is 26.1 Å². The summed E-state index contributed by atoms with van der Waals surface area (Å²) in [5, 5.41) is 10.5. The molecule has 0 aliphatic carbocycles. The Bertz CT molecular complexity index is 2170. The van der Waals surface area contributed by atoms with E-state index in [0.717, 1.165) is 39.1 Å². The van der Waals surface area contributed by atoms with Gasteiger partial charge in [-0.15, -0.1) is 0 Å². The van der Waals surface area contributed by atoms with Crippen LogP contribution in [0.1, 0.15) is 23.7 Å². The van der Waals surface area contributed by atoms with Gasteiger partial charge < -0.3 is 11.1 Å².